The van der Waals surface area contributed by atoms with E-state index in [1.807, 2.05) is 36.6 Å². The van der Waals surface area contributed by atoms with E-state index in [0.29, 0.717) is 59.8 Å². The number of carbonyl (C=O) groups is 7. The third kappa shape index (κ3) is 16.2. The SMILES string of the molecule is CC1CCC(C(C)(C(=O)O)C(=O)O)CC1=O.CSc1ccc(C(=O)O)s1.N#Cc1cccc2cccc(S(=O)(=O)O)c12.O=C(O)CCC(=O)c1ccc2c(c1)OCCO2.O=C(O)CCc1ccc2sc3ccccc3c2c1. The van der Waals surface area contributed by atoms with Gasteiger partial charge in [-0.3, -0.25) is 33.3 Å². The number of carbonyl (C=O) groups excluding carboxylic acids is 2. The second kappa shape index (κ2) is 27.4. The third-order valence-corrected chi connectivity index (χ3v) is 16.6. The number of hydrogen-bond donors (Lipinski definition) is 6. The average molecular weight is 1130 g/mol. The summed E-state index contributed by atoms with van der Waals surface area (Å²) in [6, 6.07) is 34.1. The van der Waals surface area contributed by atoms with Gasteiger partial charge in [0, 0.05) is 56.3 Å². The van der Waals surface area contributed by atoms with Gasteiger partial charge in [-0.15, -0.1) is 34.4 Å². The summed E-state index contributed by atoms with van der Waals surface area (Å²) in [4.78, 5) is 76.8. The van der Waals surface area contributed by atoms with Gasteiger partial charge in [0.05, 0.1) is 22.3 Å². The van der Waals surface area contributed by atoms with Crippen LogP contribution in [0, 0.1) is 28.6 Å². The molecule has 0 saturated heterocycles. The molecule has 1 saturated carbocycles. The van der Waals surface area contributed by atoms with E-state index in [2.05, 4.69) is 24.3 Å². The molecule has 2 aliphatic rings. The normalized spacial score (nSPS) is 14.6. The number of aromatic carboxylic acids is 1. The van der Waals surface area contributed by atoms with Gasteiger partial charge in [0.25, 0.3) is 10.1 Å². The lowest BCUT2D eigenvalue weighted by Crippen LogP contribution is -2.46. The third-order valence-electron chi connectivity index (χ3n) is 12.4. The van der Waals surface area contributed by atoms with Gasteiger partial charge in [-0.2, -0.15) is 13.7 Å². The number of thiophene rings is 2. The van der Waals surface area contributed by atoms with Crippen molar-refractivity contribution in [3.8, 4) is 17.6 Å². The fourth-order valence-corrected chi connectivity index (χ4v) is 11.2. The molecule has 18 nitrogen and oxygen atoms in total. The van der Waals surface area contributed by atoms with E-state index in [0.717, 1.165) is 9.77 Å². The molecule has 0 radical (unpaired) electrons. The highest BCUT2D eigenvalue weighted by atomic mass is 32.2. The van der Waals surface area contributed by atoms with Gasteiger partial charge in [-0.05, 0) is 110 Å². The number of carboxylic acids is 5. The van der Waals surface area contributed by atoms with Gasteiger partial charge in [0.1, 0.15) is 28.8 Å². The van der Waals surface area contributed by atoms with Crippen molar-refractivity contribution < 1.29 is 81.5 Å². The number of rotatable bonds is 13. The van der Waals surface area contributed by atoms with E-state index >= 15 is 0 Å². The Morgan fingerprint density at radius 3 is 1.97 bits per heavy atom. The van der Waals surface area contributed by atoms with E-state index in [-0.39, 0.29) is 59.0 Å². The van der Waals surface area contributed by atoms with E-state index in [1.165, 1.54) is 56.6 Å². The van der Waals surface area contributed by atoms with Crippen molar-refractivity contribution in [2.75, 3.05) is 19.5 Å². The monoisotopic (exact) mass is 1130 g/mol. The van der Waals surface area contributed by atoms with E-state index in [4.69, 9.17) is 44.8 Å². The number of ketones is 2. The molecule has 5 aromatic carbocycles. The molecule has 2 unspecified atom stereocenters. The van der Waals surface area contributed by atoms with Crippen LogP contribution in [-0.4, -0.2) is 99.4 Å². The van der Waals surface area contributed by atoms with Gasteiger partial charge >= 0.3 is 29.8 Å². The molecule has 77 heavy (non-hydrogen) atoms. The van der Waals surface area contributed by atoms with Gasteiger partial charge in [-0.25, -0.2) is 4.79 Å². The van der Waals surface area contributed by atoms with Crippen LogP contribution in [0.1, 0.15) is 83.5 Å². The highest BCUT2D eigenvalue weighted by Gasteiger charge is 2.50. The molecule has 1 aliphatic carbocycles. The summed E-state index contributed by atoms with van der Waals surface area (Å²) in [6.07, 6.45) is 3.64. The van der Waals surface area contributed by atoms with Crippen LogP contribution in [0.15, 0.2) is 118 Å². The lowest BCUT2D eigenvalue weighted by atomic mass is 9.67. The van der Waals surface area contributed by atoms with Crippen LogP contribution in [0.3, 0.4) is 0 Å². The standard InChI is InChI=1S/C15H12O2S.C12H12O5.C11H7NO3S.C11H16O5.C6H6O2S2/c16-15(17)8-6-10-5-7-14-12(9-10)11-3-1-2-4-13(11)18-14;13-9(2-4-12(14)15)8-1-3-10-11(7-8)17-6-5-16-10;12-7-9-5-1-3-8-4-2-6-10(11(8)9)16(13,14)15;1-6-3-4-7(5-8(6)12)11(2,9(13)14)10(15)16;1-9-5-3-2-4(10-5)6(7)8/h1-5,7,9H,6,8H2,(H,16,17);1,3,7H,2,4-6H2,(H,14,15);1-6H,(H,13,14,15);6-7H,3-5H2,1-2H3,(H,13,14)(H,15,16);2-3H,1H3,(H,7,8). The van der Waals surface area contributed by atoms with E-state index in [9.17, 15) is 42.0 Å². The number of nitrogens with zero attached hydrogens (tertiary/aromatic N) is 1. The number of aliphatic carboxylic acids is 4. The summed E-state index contributed by atoms with van der Waals surface area (Å²) < 4.78 is 45.6. The molecule has 2 aromatic heterocycles. The van der Waals surface area contributed by atoms with Gasteiger partial charge in [0.2, 0.25) is 0 Å². The molecule has 22 heteroatoms. The molecule has 404 valence electrons. The second-order valence-corrected chi connectivity index (χ2v) is 22.2. The van der Waals surface area contributed by atoms with Crippen LogP contribution in [0.4, 0.5) is 0 Å². The summed E-state index contributed by atoms with van der Waals surface area (Å²) >= 11 is 4.65. The topological polar surface area (TPSA) is 317 Å². The Bertz CT molecular complexity index is 3470. The molecule has 2 atom stereocenters. The Labute approximate surface area is 454 Å². The number of thioether (sulfide) groups is 1. The molecular weight excluding hydrogens is 1070 g/mol. The van der Waals surface area contributed by atoms with Crippen molar-refractivity contribution in [1.29, 1.82) is 5.26 Å². The molecule has 6 N–H and O–H groups in total. The van der Waals surface area contributed by atoms with Gasteiger partial charge in [-0.1, -0.05) is 55.5 Å². The molecule has 0 amide bonds. The minimum atomic E-state index is -4.31. The van der Waals surface area contributed by atoms with Gasteiger partial charge < -0.3 is 35.0 Å². The fraction of sp³-hybridized carbons (Fsp3) is 0.273. The quantitative estimate of drug-likeness (QED) is 0.0270. The maximum atomic E-state index is 11.7. The number of carboxylic acid groups (broad SMARTS) is 5. The van der Waals surface area contributed by atoms with Crippen molar-refractivity contribution in [1.82, 2.24) is 0 Å². The van der Waals surface area contributed by atoms with Crippen LogP contribution >= 0.6 is 34.4 Å². The Balaban J connectivity index is 0.000000179. The molecule has 1 fully saturated rings. The Morgan fingerprint density at radius 2 is 1.39 bits per heavy atom. The fourth-order valence-electron chi connectivity index (χ4n) is 8.01. The zero-order valence-electron chi connectivity index (χ0n) is 41.7. The molecular formula is C55H53NO17S4. The van der Waals surface area contributed by atoms with Crippen LogP contribution in [0.5, 0.6) is 11.5 Å². The first-order chi connectivity index (χ1) is 36.5. The number of benzene rings is 5. The van der Waals surface area contributed by atoms with Crippen molar-refractivity contribution in [2.45, 2.75) is 67.9 Å². The van der Waals surface area contributed by atoms with Crippen LogP contribution in [0.25, 0.3) is 30.9 Å². The van der Waals surface area contributed by atoms with Gasteiger partial charge in [0.15, 0.2) is 22.7 Å². The smallest absolute Gasteiger partial charge is 0.345 e. The van der Waals surface area contributed by atoms with Crippen molar-refractivity contribution in [2.24, 2.45) is 17.3 Å². The largest absolute Gasteiger partial charge is 0.486 e. The number of Topliss-reactive ketones (excluding diaryl/α,β-unsaturated/α-hetero) is 2. The predicted octanol–water partition coefficient (Wildman–Crippen LogP) is 10.9. The molecule has 9 rings (SSSR count). The lowest BCUT2D eigenvalue weighted by molar-refractivity contribution is -0.169. The summed E-state index contributed by atoms with van der Waals surface area (Å²) in [5.74, 6) is -5.07. The molecule has 0 bridgehead atoms. The van der Waals surface area contributed by atoms with E-state index < -0.39 is 51.3 Å². The first-order valence-electron chi connectivity index (χ1n) is 23.5. The zero-order valence-corrected chi connectivity index (χ0v) is 44.9. The summed E-state index contributed by atoms with van der Waals surface area (Å²) in [5, 5.41) is 56.0. The minimum Gasteiger partial charge on any atom is -0.486 e. The van der Waals surface area contributed by atoms with Crippen molar-refractivity contribution in [3.05, 3.63) is 131 Å². The first-order valence-corrected chi connectivity index (χ1v) is 27.8. The molecule has 7 aromatic rings. The maximum absolute atomic E-state index is 11.7. The first kappa shape index (κ1) is 60.2. The second-order valence-electron chi connectivity index (χ2n) is 17.5. The highest BCUT2D eigenvalue weighted by Crippen LogP contribution is 2.40. The number of aryl methyl sites for hydroxylation is 1. The number of nitriles is 1. The molecule has 0 spiro atoms. The minimum absolute atomic E-state index is 0.00498. The Kier molecular flexibility index (Phi) is 21.4. The van der Waals surface area contributed by atoms with Crippen molar-refractivity contribution >= 4 is 117 Å². The number of ether oxygens (including phenoxy) is 2. The van der Waals surface area contributed by atoms with Crippen molar-refractivity contribution in [3.63, 3.8) is 0 Å². The maximum Gasteiger partial charge on any atom is 0.345 e. The predicted molar refractivity (Wildman–Crippen MR) is 290 cm³/mol. The summed E-state index contributed by atoms with van der Waals surface area (Å²) in [7, 11) is -4.31. The molecule has 3 heterocycles. The van der Waals surface area contributed by atoms with Crippen LogP contribution < -0.4 is 9.47 Å². The van der Waals surface area contributed by atoms with Crippen LogP contribution in [0.2, 0.25) is 0 Å². The zero-order chi connectivity index (χ0) is 56.6. The number of hydrogen-bond acceptors (Lipinski definition) is 15. The Morgan fingerprint density at radius 1 is 0.740 bits per heavy atom. The Hall–Kier alpha value is -7.68. The summed E-state index contributed by atoms with van der Waals surface area (Å²) in [5.41, 5.74) is -0.0785. The average Bonchev–Trinajstić information content (AvgIpc) is 4.06. The van der Waals surface area contributed by atoms with E-state index in [1.54, 1.807) is 72.5 Å². The lowest BCUT2D eigenvalue weighted by Gasteiger charge is -2.34. The number of fused-ring (bicyclic) bond motifs is 5. The van der Waals surface area contributed by atoms with Crippen LogP contribution in [-0.2, 0) is 40.5 Å². The summed E-state index contributed by atoms with van der Waals surface area (Å²) in [6.45, 7) is 3.93. The molecule has 1 aliphatic heterocycles. The highest BCUT2D eigenvalue weighted by molar-refractivity contribution is 8.00.